The minimum absolute atomic E-state index is 0.0213. The van der Waals surface area contributed by atoms with Gasteiger partial charge in [0.05, 0.1) is 0 Å². The van der Waals surface area contributed by atoms with Gasteiger partial charge in [-0.05, 0) is 187 Å². The third-order valence-electron chi connectivity index (χ3n) is 16.5. The minimum atomic E-state index is -1.74. The molecule has 582 valence electrons. The molecule has 0 aliphatic carbocycles. The second kappa shape index (κ2) is 39.6. The van der Waals surface area contributed by atoms with E-state index in [0.29, 0.717) is 4.90 Å². The van der Waals surface area contributed by atoms with Gasteiger partial charge in [-0.1, -0.05) is 125 Å². The van der Waals surface area contributed by atoms with Crippen LogP contribution in [0.15, 0.2) is 59.5 Å². The number of esters is 1. The van der Waals surface area contributed by atoms with Gasteiger partial charge in [-0.3, -0.25) is 62.3 Å². The molecule has 104 heavy (non-hydrogen) atoms. The van der Waals surface area contributed by atoms with Gasteiger partial charge in [0.15, 0.2) is 5.12 Å². The lowest BCUT2D eigenvalue weighted by Crippen LogP contribution is -2.66. The predicted octanol–water partition coefficient (Wildman–Crippen LogP) is 6.24. The first-order chi connectivity index (χ1) is 47.6. The molecule has 0 unspecified atom stereocenters. The smallest absolute Gasteiger partial charge is 0.331 e. The standard InChI is InChI=1S/C76H122N12O15S/c1-42(2)35-52(77-58(90)50-31-33-51(34-32-50)104-48(13)89)59(91)83-71(14,15)65(97)78-53(36-43(3)4)60(92)84-72(16,17)66(98)79-54(37-44(5)6)61(93)85-73(18,19)67(99)80-55(38-45(7)8)62(94)86-74(20,21)68(100)81-56(39-46(9)10)63(95)87-75(22,23)69(101)82-57(40-47(11)12)64(96)88-76(24,25)70(102)103-41-49-29-27-26-28-30-49/h26-34,42-47,52-57H,35-41H2,1-25H3,(H,77,90)(H,78,97)(H,79,98)(H,80,99)(H,81,100)(H,82,101)(H,83,91)(H,84,92)(H,85,93)(H,86,94)(H,87,95)(H,88,96)/t52-,53-,54-,55-,56-,57-/m0/s1. The Morgan fingerprint density at radius 2 is 0.558 bits per heavy atom. The lowest BCUT2D eigenvalue weighted by atomic mass is 9.95. The zero-order valence-electron chi connectivity index (χ0n) is 66.1. The van der Waals surface area contributed by atoms with Crippen molar-refractivity contribution in [2.45, 2.75) is 293 Å². The molecule has 0 saturated carbocycles. The maximum Gasteiger partial charge on any atom is 0.331 e. The molecule has 0 heterocycles. The monoisotopic (exact) mass is 1470 g/mol. The summed E-state index contributed by atoms with van der Waals surface area (Å²) in [4.78, 5) is 195. The summed E-state index contributed by atoms with van der Waals surface area (Å²) in [6.45, 7) is 40.5. The van der Waals surface area contributed by atoms with Crippen molar-refractivity contribution in [2.75, 3.05) is 0 Å². The molecule has 0 radical (unpaired) electrons. The van der Waals surface area contributed by atoms with Gasteiger partial charge in [0.1, 0.15) is 76.1 Å². The topological polar surface area (TPSA) is 393 Å². The summed E-state index contributed by atoms with van der Waals surface area (Å²) in [7, 11) is 0. The summed E-state index contributed by atoms with van der Waals surface area (Å²) in [5, 5.41) is 32.6. The number of amides is 12. The van der Waals surface area contributed by atoms with Crippen molar-refractivity contribution in [3.05, 3.63) is 65.7 Å². The van der Waals surface area contributed by atoms with Crippen molar-refractivity contribution in [3.8, 4) is 0 Å². The molecule has 0 aliphatic rings. The van der Waals surface area contributed by atoms with E-state index >= 15 is 0 Å². The van der Waals surface area contributed by atoms with E-state index in [2.05, 4.69) is 63.8 Å². The summed E-state index contributed by atoms with van der Waals surface area (Å²) in [6.07, 6.45) is 0.718. The molecule has 28 heteroatoms. The van der Waals surface area contributed by atoms with E-state index in [1.54, 1.807) is 36.4 Å². The van der Waals surface area contributed by atoms with Gasteiger partial charge in [-0.2, -0.15) is 0 Å². The lowest BCUT2D eigenvalue weighted by molar-refractivity contribution is -0.154. The molecule has 2 rings (SSSR count). The maximum atomic E-state index is 14.3. The van der Waals surface area contributed by atoms with Crippen molar-refractivity contribution in [1.29, 1.82) is 0 Å². The van der Waals surface area contributed by atoms with Crippen LogP contribution in [-0.2, 0) is 73.7 Å². The first-order valence-corrected chi connectivity index (χ1v) is 36.7. The van der Waals surface area contributed by atoms with E-state index < -0.39 is 146 Å². The first-order valence-electron chi connectivity index (χ1n) is 35.9. The van der Waals surface area contributed by atoms with Gasteiger partial charge in [0, 0.05) is 17.4 Å². The number of hydrogen-bond acceptors (Lipinski definition) is 16. The molecule has 6 atom stereocenters. The number of hydrogen-bond donors (Lipinski definition) is 12. The molecule has 0 aliphatic heterocycles. The first kappa shape index (κ1) is 91.7. The third-order valence-corrected chi connectivity index (χ3v) is 17.3. The molecule has 12 amide bonds. The van der Waals surface area contributed by atoms with E-state index in [1.165, 1.54) is 102 Å². The average Bonchev–Trinajstić information content (AvgIpc) is 0.825. The average molecular weight is 1480 g/mol. The number of ether oxygens (including phenoxy) is 1. The Kier molecular flexibility index (Phi) is 34.9. The molecule has 27 nitrogen and oxygen atoms in total. The van der Waals surface area contributed by atoms with Crippen LogP contribution in [-0.4, -0.2) is 151 Å². The molecule has 0 fully saturated rings. The molecule has 2 aromatic carbocycles. The van der Waals surface area contributed by atoms with Crippen LogP contribution in [0.25, 0.3) is 0 Å². The molecule has 0 bridgehead atoms. The van der Waals surface area contributed by atoms with Crippen LogP contribution in [0.1, 0.15) is 228 Å². The summed E-state index contributed by atoms with van der Waals surface area (Å²) in [5.74, 6) is -10.4. The summed E-state index contributed by atoms with van der Waals surface area (Å²) in [6, 6.07) is 8.11. The second-order valence-corrected chi connectivity index (χ2v) is 34.0. The van der Waals surface area contributed by atoms with Crippen molar-refractivity contribution in [3.63, 3.8) is 0 Å². The summed E-state index contributed by atoms with van der Waals surface area (Å²) < 4.78 is 5.49. The maximum absolute atomic E-state index is 14.3. The van der Waals surface area contributed by atoms with Gasteiger partial charge in [-0.15, -0.1) is 0 Å². The normalized spacial score (nSPS) is 14.0. The Hall–Kier alpha value is -8.43. The van der Waals surface area contributed by atoms with Gasteiger partial charge < -0.3 is 68.5 Å². The fourth-order valence-corrected chi connectivity index (χ4v) is 11.2. The van der Waals surface area contributed by atoms with E-state index in [0.717, 1.165) is 17.3 Å². The van der Waals surface area contributed by atoms with Crippen LogP contribution in [0.3, 0.4) is 0 Å². The zero-order chi connectivity index (χ0) is 80.0. The van der Waals surface area contributed by atoms with Crippen molar-refractivity contribution < 1.29 is 71.9 Å². The SMILES string of the molecule is CC(=O)Sc1ccc(C(=O)N[C@@H](CC(C)C)C(=O)NC(C)(C)C(=O)N[C@@H](CC(C)C)C(=O)NC(C)(C)C(=O)N[C@@H](CC(C)C)C(=O)NC(C)(C)C(=O)N[C@@H](CC(C)C)C(=O)NC(C)(C)C(=O)N[C@@H](CC(C)C)C(=O)NC(C)(C)C(=O)N[C@@H](CC(C)C)C(=O)NC(C)(C)C(=O)OCc2ccccc2)cc1. The van der Waals surface area contributed by atoms with Crippen molar-refractivity contribution >= 4 is 93.7 Å². The van der Waals surface area contributed by atoms with E-state index in [4.69, 9.17) is 4.74 Å². The molecule has 0 spiro atoms. The van der Waals surface area contributed by atoms with E-state index in [-0.39, 0.29) is 91.3 Å². The number of benzene rings is 2. The fraction of sp³-hybridized carbons (Fsp3) is 0.658. The second-order valence-electron chi connectivity index (χ2n) is 32.8. The highest BCUT2D eigenvalue weighted by Gasteiger charge is 2.44. The number of rotatable bonds is 40. The number of thioether (sulfide) groups is 1. The molecular formula is C76H122N12O15S. The van der Waals surface area contributed by atoms with E-state index in [1.807, 2.05) is 89.2 Å². The number of nitrogens with one attached hydrogen (secondary N) is 12. The Bertz CT molecular complexity index is 3340. The van der Waals surface area contributed by atoms with E-state index in [9.17, 15) is 67.1 Å². The lowest BCUT2D eigenvalue weighted by Gasteiger charge is -2.34. The van der Waals surface area contributed by atoms with Gasteiger partial charge in [-0.25, -0.2) is 4.79 Å². The number of carbonyl (C=O) groups is 14. The number of carbonyl (C=O) groups excluding carboxylic acids is 14. The highest BCUT2D eigenvalue weighted by atomic mass is 32.2. The van der Waals surface area contributed by atoms with Crippen LogP contribution < -0.4 is 63.8 Å². The Morgan fingerprint density at radius 1 is 0.327 bits per heavy atom. The Morgan fingerprint density at radius 3 is 0.788 bits per heavy atom. The molecule has 12 N–H and O–H groups in total. The van der Waals surface area contributed by atoms with Gasteiger partial charge >= 0.3 is 5.97 Å². The third kappa shape index (κ3) is 31.1. The highest BCUT2D eigenvalue weighted by molar-refractivity contribution is 8.13. The van der Waals surface area contributed by atoms with Gasteiger partial charge in [0.25, 0.3) is 5.91 Å². The Labute approximate surface area is 620 Å². The van der Waals surface area contributed by atoms with Crippen LogP contribution >= 0.6 is 11.8 Å². The summed E-state index contributed by atoms with van der Waals surface area (Å²) in [5.41, 5.74) is -8.99. The van der Waals surface area contributed by atoms with Crippen LogP contribution in [0.4, 0.5) is 0 Å². The molecule has 2 aromatic rings. The van der Waals surface area contributed by atoms with Gasteiger partial charge in [0.2, 0.25) is 65.0 Å². The van der Waals surface area contributed by atoms with Crippen LogP contribution in [0.2, 0.25) is 0 Å². The summed E-state index contributed by atoms with van der Waals surface area (Å²) >= 11 is 1.01. The largest absolute Gasteiger partial charge is 0.459 e. The van der Waals surface area contributed by atoms with Crippen LogP contribution in [0.5, 0.6) is 0 Å². The Balaban J connectivity index is 2.26. The van der Waals surface area contributed by atoms with Crippen molar-refractivity contribution in [2.24, 2.45) is 35.5 Å². The highest BCUT2D eigenvalue weighted by Crippen LogP contribution is 2.22. The molecule has 0 saturated heterocycles. The minimum Gasteiger partial charge on any atom is -0.459 e. The van der Waals surface area contributed by atoms with Crippen LogP contribution in [0, 0.1) is 35.5 Å². The molecular weight excluding hydrogens is 1350 g/mol. The molecule has 0 aromatic heterocycles. The van der Waals surface area contributed by atoms with Crippen molar-refractivity contribution in [1.82, 2.24) is 63.8 Å². The fourth-order valence-electron chi connectivity index (χ4n) is 10.6. The predicted molar refractivity (Wildman–Crippen MR) is 400 cm³/mol. The quantitative estimate of drug-likeness (QED) is 0.0260. The zero-order valence-corrected chi connectivity index (χ0v) is 66.9.